The molecule has 5 heteroatoms. The molecule has 0 bridgehead atoms. The molecule has 2 heterocycles. The number of rotatable bonds is 2. The molecule has 4 nitrogen and oxygen atoms in total. The van der Waals surface area contributed by atoms with E-state index in [4.69, 9.17) is 4.98 Å². The van der Waals surface area contributed by atoms with Gasteiger partial charge in [-0.2, -0.15) is 0 Å². The van der Waals surface area contributed by atoms with E-state index >= 15 is 0 Å². The van der Waals surface area contributed by atoms with Crippen molar-refractivity contribution >= 4 is 32.8 Å². The van der Waals surface area contributed by atoms with Crippen LogP contribution < -0.4 is 10.5 Å². The highest BCUT2D eigenvalue weighted by molar-refractivity contribution is 9.10. The van der Waals surface area contributed by atoms with Gasteiger partial charge in [-0.1, -0.05) is 6.07 Å². The Labute approximate surface area is 125 Å². The SMILES string of the molecule is CCn1c(N2CC3CC3C2)nc2c(Br)cccc2c1=O. The van der Waals surface area contributed by atoms with Crippen molar-refractivity contribution in [1.82, 2.24) is 9.55 Å². The van der Waals surface area contributed by atoms with E-state index in [0.717, 1.165) is 40.9 Å². The van der Waals surface area contributed by atoms with Crippen LogP contribution in [0.15, 0.2) is 27.5 Å². The highest BCUT2D eigenvalue weighted by Crippen LogP contribution is 2.45. The van der Waals surface area contributed by atoms with Crippen LogP contribution in [-0.2, 0) is 6.54 Å². The Morgan fingerprint density at radius 3 is 2.80 bits per heavy atom. The number of hydrogen-bond acceptors (Lipinski definition) is 3. The lowest BCUT2D eigenvalue weighted by Crippen LogP contribution is -2.32. The average molecular weight is 334 g/mol. The van der Waals surface area contributed by atoms with Gasteiger partial charge in [0, 0.05) is 24.1 Å². The first-order valence-corrected chi connectivity index (χ1v) is 7.92. The maximum atomic E-state index is 12.7. The van der Waals surface area contributed by atoms with Gasteiger partial charge in [-0.25, -0.2) is 4.98 Å². The summed E-state index contributed by atoms with van der Waals surface area (Å²) < 4.78 is 2.69. The molecule has 0 spiro atoms. The maximum absolute atomic E-state index is 12.7. The second kappa shape index (κ2) is 4.32. The Bertz CT molecular complexity index is 745. The maximum Gasteiger partial charge on any atom is 0.262 e. The predicted octanol–water partition coefficient (Wildman–Crippen LogP) is 2.64. The first-order chi connectivity index (χ1) is 9.69. The van der Waals surface area contributed by atoms with Crippen molar-refractivity contribution in [2.75, 3.05) is 18.0 Å². The van der Waals surface area contributed by atoms with Gasteiger partial charge in [0.15, 0.2) is 0 Å². The number of hydrogen-bond donors (Lipinski definition) is 0. The summed E-state index contributed by atoms with van der Waals surface area (Å²) in [6, 6.07) is 5.68. The minimum absolute atomic E-state index is 0.0642. The molecule has 0 N–H and O–H groups in total. The van der Waals surface area contributed by atoms with E-state index in [1.165, 1.54) is 6.42 Å². The van der Waals surface area contributed by atoms with E-state index in [1.54, 1.807) is 4.57 Å². The monoisotopic (exact) mass is 333 g/mol. The van der Waals surface area contributed by atoms with Crippen molar-refractivity contribution < 1.29 is 0 Å². The van der Waals surface area contributed by atoms with Gasteiger partial charge in [0.1, 0.15) is 0 Å². The lowest BCUT2D eigenvalue weighted by atomic mass is 10.2. The van der Waals surface area contributed by atoms with E-state index in [-0.39, 0.29) is 5.56 Å². The zero-order valence-corrected chi connectivity index (χ0v) is 12.9. The van der Waals surface area contributed by atoms with Crippen molar-refractivity contribution in [1.29, 1.82) is 0 Å². The van der Waals surface area contributed by atoms with E-state index in [2.05, 4.69) is 20.8 Å². The molecule has 0 radical (unpaired) electrons. The number of halogens is 1. The molecule has 1 aromatic carbocycles. The van der Waals surface area contributed by atoms with Gasteiger partial charge in [-0.3, -0.25) is 9.36 Å². The van der Waals surface area contributed by atoms with Gasteiger partial charge in [-0.15, -0.1) is 0 Å². The zero-order chi connectivity index (χ0) is 13.9. The molecule has 4 rings (SSSR count). The van der Waals surface area contributed by atoms with E-state index < -0.39 is 0 Å². The fourth-order valence-corrected chi connectivity index (χ4v) is 3.74. The van der Waals surface area contributed by atoms with Gasteiger partial charge in [0.05, 0.1) is 10.9 Å². The molecule has 1 aromatic heterocycles. The lowest BCUT2D eigenvalue weighted by Gasteiger charge is -2.23. The molecule has 2 atom stereocenters. The number of piperidine rings is 1. The Morgan fingerprint density at radius 1 is 1.35 bits per heavy atom. The van der Waals surface area contributed by atoms with Gasteiger partial charge < -0.3 is 4.90 Å². The highest BCUT2D eigenvalue weighted by atomic mass is 79.9. The lowest BCUT2D eigenvalue weighted by molar-refractivity contribution is 0.672. The van der Waals surface area contributed by atoms with Crippen LogP contribution in [-0.4, -0.2) is 22.6 Å². The molecule has 2 aromatic rings. The van der Waals surface area contributed by atoms with Crippen molar-refractivity contribution in [3.05, 3.63) is 33.0 Å². The Morgan fingerprint density at radius 2 is 2.10 bits per heavy atom. The summed E-state index contributed by atoms with van der Waals surface area (Å²) in [4.78, 5) is 19.7. The summed E-state index contributed by atoms with van der Waals surface area (Å²) >= 11 is 3.51. The quantitative estimate of drug-likeness (QED) is 0.847. The molecule has 0 amide bonds. The Kier molecular flexibility index (Phi) is 2.67. The molecule has 2 unspecified atom stereocenters. The van der Waals surface area contributed by atoms with E-state index in [0.29, 0.717) is 11.9 Å². The standard InChI is InChI=1S/C15H16BrN3O/c1-2-19-14(20)11-4-3-5-12(16)13(11)17-15(19)18-7-9-6-10(9)8-18/h3-5,9-10H,2,6-8H2,1H3. The normalized spacial score (nSPS) is 24.2. The fourth-order valence-electron chi connectivity index (χ4n) is 3.29. The second-order valence-electron chi connectivity index (χ2n) is 5.76. The highest BCUT2D eigenvalue weighted by Gasteiger charge is 2.46. The third-order valence-electron chi connectivity index (χ3n) is 4.49. The van der Waals surface area contributed by atoms with Crippen molar-refractivity contribution in [3.8, 4) is 0 Å². The van der Waals surface area contributed by atoms with Crippen LogP contribution in [0.1, 0.15) is 13.3 Å². The molecule has 1 aliphatic carbocycles. The summed E-state index contributed by atoms with van der Waals surface area (Å²) in [7, 11) is 0. The predicted molar refractivity (Wildman–Crippen MR) is 83.2 cm³/mol. The van der Waals surface area contributed by atoms with Gasteiger partial charge in [-0.05, 0) is 53.2 Å². The summed E-state index contributed by atoms with van der Waals surface area (Å²) in [5, 5.41) is 0.689. The molecule has 1 saturated heterocycles. The summed E-state index contributed by atoms with van der Waals surface area (Å²) in [5.74, 6) is 2.49. The minimum Gasteiger partial charge on any atom is -0.342 e. The van der Waals surface area contributed by atoms with Crippen molar-refractivity contribution in [2.45, 2.75) is 19.9 Å². The van der Waals surface area contributed by atoms with Crippen LogP contribution in [0.3, 0.4) is 0 Å². The third-order valence-corrected chi connectivity index (χ3v) is 5.13. The smallest absolute Gasteiger partial charge is 0.262 e. The van der Waals surface area contributed by atoms with E-state index in [9.17, 15) is 4.79 Å². The second-order valence-corrected chi connectivity index (χ2v) is 6.61. The Hall–Kier alpha value is -1.36. The minimum atomic E-state index is 0.0642. The van der Waals surface area contributed by atoms with Crippen molar-refractivity contribution in [3.63, 3.8) is 0 Å². The zero-order valence-electron chi connectivity index (χ0n) is 11.3. The van der Waals surface area contributed by atoms with Crippen molar-refractivity contribution in [2.24, 2.45) is 11.8 Å². The first kappa shape index (κ1) is 12.4. The summed E-state index contributed by atoms with van der Waals surface area (Å²) in [5.41, 5.74) is 0.840. The van der Waals surface area contributed by atoms with Crippen LogP contribution in [0.25, 0.3) is 10.9 Å². The topological polar surface area (TPSA) is 38.1 Å². The largest absolute Gasteiger partial charge is 0.342 e. The number of aromatic nitrogens is 2. The van der Waals surface area contributed by atoms with Gasteiger partial charge in [0.2, 0.25) is 5.95 Å². The van der Waals surface area contributed by atoms with Crippen LogP contribution in [0.2, 0.25) is 0 Å². The Balaban J connectivity index is 1.94. The van der Waals surface area contributed by atoms with Gasteiger partial charge >= 0.3 is 0 Å². The number of para-hydroxylation sites is 1. The molecular weight excluding hydrogens is 318 g/mol. The fraction of sp³-hybridized carbons (Fsp3) is 0.467. The van der Waals surface area contributed by atoms with Crippen LogP contribution >= 0.6 is 15.9 Å². The first-order valence-electron chi connectivity index (χ1n) is 7.13. The summed E-state index contributed by atoms with van der Waals surface area (Å²) in [6.45, 7) is 4.77. The molecule has 20 heavy (non-hydrogen) atoms. The van der Waals surface area contributed by atoms with Crippen LogP contribution in [0.4, 0.5) is 5.95 Å². The van der Waals surface area contributed by atoms with E-state index in [1.807, 2.05) is 25.1 Å². The van der Waals surface area contributed by atoms with Crippen LogP contribution in [0.5, 0.6) is 0 Å². The molecule has 2 aliphatic rings. The third kappa shape index (κ3) is 1.72. The summed E-state index contributed by atoms with van der Waals surface area (Å²) in [6.07, 6.45) is 1.35. The number of nitrogens with zero attached hydrogens (tertiary/aromatic N) is 3. The van der Waals surface area contributed by atoms with Crippen LogP contribution in [0, 0.1) is 11.8 Å². The number of anilines is 1. The molecule has 1 saturated carbocycles. The number of fused-ring (bicyclic) bond motifs is 2. The molecular formula is C15H16BrN3O. The molecule has 1 aliphatic heterocycles. The average Bonchev–Trinajstić information content (AvgIpc) is 3.06. The number of benzene rings is 1. The molecule has 104 valence electrons. The van der Waals surface area contributed by atoms with Gasteiger partial charge in [0.25, 0.3) is 5.56 Å². The molecule has 2 fully saturated rings.